The van der Waals surface area contributed by atoms with Crippen molar-refractivity contribution in [2.24, 2.45) is 10.2 Å². The van der Waals surface area contributed by atoms with E-state index in [4.69, 9.17) is 14.2 Å². The molecule has 0 aliphatic heterocycles. The first-order valence-electron chi connectivity index (χ1n) is 9.21. The predicted octanol–water partition coefficient (Wildman–Crippen LogP) is 4.97. The van der Waals surface area contributed by atoms with Crippen LogP contribution in [0.1, 0.15) is 23.6 Å². The number of benzene rings is 3. The molecule has 3 aromatic carbocycles. The molecule has 0 saturated heterocycles. The van der Waals surface area contributed by atoms with Gasteiger partial charge in [-0.1, -0.05) is 60.7 Å². The molecular weight excluding hydrogens is 364 g/mol. The van der Waals surface area contributed by atoms with Crippen molar-refractivity contribution in [1.82, 2.24) is 0 Å². The second-order valence-corrected chi connectivity index (χ2v) is 6.28. The van der Waals surface area contributed by atoms with Gasteiger partial charge in [0, 0.05) is 16.7 Å². The molecule has 0 bridgehead atoms. The van der Waals surface area contributed by atoms with E-state index < -0.39 is 0 Å². The minimum atomic E-state index is 0.546. The summed E-state index contributed by atoms with van der Waals surface area (Å²) in [5, 5.41) is 9.09. The van der Waals surface area contributed by atoms with Crippen LogP contribution in [0.5, 0.6) is 17.2 Å². The summed E-state index contributed by atoms with van der Waals surface area (Å²) in [6.07, 6.45) is 0. The highest BCUT2D eigenvalue weighted by molar-refractivity contribution is 6.13. The van der Waals surface area contributed by atoms with E-state index in [9.17, 15) is 0 Å². The zero-order valence-corrected chi connectivity index (χ0v) is 17.0. The molecule has 0 N–H and O–H groups in total. The Balaban J connectivity index is 2.06. The zero-order valence-electron chi connectivity index (χ0n) is 17.0. The number of methoxy groups -OCH3 is 3. The topological polar surface area (TPSA) is 52.4 Å². The summed E-state index contributed by atoms with van der Waals surface area (Å²) in [6.45, 7) is 1.90. The Kier molecular flexibility index (Phi) is 6.63. The molecule has 0 unspecified atom stereocenters. The van der Waals surface area contributed by atoms with Gasteiger partial charge in [0.15, 0.2) is 11.5 Å². The summed E-state index contributed by atoms with van der Waals surface area (Å²) >= 11 is 0. The molecule has 148 valence electrons. The Labute approximate surface area is 171 Å². The predicted molar refractivity (Wildman–Crippen MR) is 117 cm³/mol. The Bertz CT molecular complexity index is 946. The normalized spacial score (nSPS) is 11.0. The fraction of sp³-hybridized carbons (Fsp3) is 0.167. The van der Waals surface area contributed by atoms with E-state index >= 15 is 0 Å². The third-order valence-electron chi connectivity index (χ3n) is 4.48. The Morgan fingerprint density at radius 1 is 0.621 bits per heavy atom. The SMILES string of the molecule is COc1cc(C(C)=NN=C(c2ccccc2)c2ccccc2)cc(OC)c1OC. The minimum Gasteiger partial charge on any atom is -0.493 e. The maximum absolute atomic E-state index is 5.44. The Morgan fingerprint density at radius 2 is 1.10 bits per heavy atom. The van der Waals surface area contributed by atoms with E-state index in [0.717, 1.165) is 28.1 Å². The van der Waals surface area contributed by atoms with Gasteiger partial charge in [-0.05, 0) is 19.1 Å². The first-order chi connectivity index (χ1) is 14.2. The van der Waals surface area contributed by atoms with Crippen LogP contribution in [-0.4, -0.2) is 32.8 Å². The first-order valence-corrected chi connectivity index (χ1v) is 9.21. The first kappa shape index (κ1) is 20.1. The maximum atomic E-state index is 5.44. The van der Waals surface area contributed by atoms with Crippen molar-refractivity contribution < 1.29 is 14.2 Å². The quantitative estimate of drug-likeness (QED) is 0.424. The fourth-order valence-corrected chi connectivity index (χ4v) is 2.95. The van der Waals surface area contributed by atoms with E-state index in [1.807, 2.05) is 79.7 Å². The van der Waals surface area contributed by atoms with Gasteiger partial charge in [0.05, 0.1) is 27.0 Å². The van der Waals surface area contributed by atoms with Gasteiger partial charge >= 0.3 is 0 Å². The van der Waals surface area contributed by atoms with Crippen LogP contribution in [0.3, 0.4) is 0 Å². The highest BCUT2D eigenvalue weighted by atomic mass is 16.5. The molecule has 29 heavy (non-hydrogen) atoms. The highest BCUT2D eigenvalue weighted by Crippen LogP contribution is 2.38. The molecule has 0 amide bonds. The van der Waals surface area contributed by atoms with Gasteiger partial charge in [-0.3, -0.25) is 0 Å². The van der Waals surface area contributed by atoms with Gasteiger partial charge < -0.3 is 14.2 Å². The molecule has 3 aromatic rings. The number of ether oxygens (including phenoxy) is 3. The summed E-state index contributed by atoms with van der Waals surface area (Å²) in [5.41, 5.74) is 4.37. The summed E-state index contributed by atoms with van der Waals surface area (Å²) in [5.74, 6) is 1.70. The number of rotatable bonds is 7. The highest BCUT2D eigenvalue weighted by Gasteiger charge is 2.14. The molecule has 0 aliphatic carbocycles. The van der Waals surface area contributed by atoms with Crippen LogP contribution in [0.4, 0.5) is 0 Å². The van der Waals surface area contributed by atoms with E-state index in [2.05, 4.69) is 10.2 Å². The third-order valence-corrected chi connectivity index (χ3v) is 4.48. The molecule has 0 fully saturated rings. The van der Waals surface area contributed by atoms with Crippen molar-refractivity contribution in [3.05, 3.63) is 89.5 Å². The van der Waals surface area contributed by atoms with E-state index in [-0.39, 0.29) is 0 Å². The van der Waals surface area contributed by atoms with Gasteiger partial charge in [-0.25, -0.2) is 0 Å². The minimum absolute atomic E-state index is 0.546. The van der Waals surface area contributed by atoms with Crippen LogP contribution < -0.4 is 14.2 Å². The second-order valence-electron chi connectivity index (χ2n) is 6.28. The number of hydrogen-bond acceptors (Lipinski definition) is 5. The summed E-state index contributed by atoms with van der Waals surface area (Å²) in [7, 11) is 4.76. The summed E-state index contributed by atoms with van der Waals surface area (Å²) < 4.78 is 16.3. The lowest BCUT2D eigenvalue weighted by Gasteiger charge is -2.13. The van der Waals surface area contributed by atoms with Gasteiger partial charge in [-0.2, -0.15) is 5.10 Å². The molecular formula is C24H24N2O3. The molecule has 5 nitrogen and oxygen atoms in total. The van der Waals surface area contributed by atoms with Crippen LogP contribution in [0, 0.1) is 0 Å². The van der Waals surface area contributed by atoms with E-state index in [1.165, 1.54) is 0 Å². The molecule has 0 aromatic heterocycles. The van der Waals surface area contributed by atoms with Crippen molar-refractivity contribution in [3.8, 4) is 17.2 Å². The largest absolute Gasteiger partial charge is 0.493 e. The second kappa shape index (κ2) is 9.55. The van der Waals surface area contributed by atoms with Gasteiger partial charge in [-0.15, -0.1) is 5.10 Å². The van der Waals surface area contributed by atoms with Gasteiger partial charge in [0.1, 0.15) is 5.71 Å². The van der Waals surface area contributed by atoms with Crippen LogP contribution in [-0.2, 0) is 0 Å². The van der Waals surface area contributed by atoms with Crippen molar-refractivity contribution >= 4 is 11.4 Å². The molecule has 0 radical (unpaired) electrons. The molecule has 0 spiro atoms. The van der Waals surface area contributed by atoms with Crippen LogP contribution in [0.25, 0.3) is 0 Å². The van der Waals surface area contributed by atoms with Crippen LogP contribution in [0.2, 0.25) is 0 Å². The standard InChI is InChI=1S/C24H24N2O3/c1-17(20-15-21(27-2)24(29-4)22(16-20)28-3)25-26-23(18-11-7-5-8-12-18)19-13-9-6-10-14-19/h5-16H,1-4H3. The molecule has 5 heteroatoms. The fourth-order valence-electron chi connectivity index (χ4n) is 2.95. The van der Waals surface area contributed by atoms with Gasteiger partial charge in [0.2, 0.25) is 5.75 Å². The maximum Gasteiger partial charge on any atom is 0.203 e. The van der Waals surface area contributed by atoms with E-state index in [1.54, 1.807) is 21.3 Å². The number of nitrogens with zero attached hydrogens (tertiary/aromatic N) is 2. The van der Waals surface area contributed by atoms with Crippen molar-refractivity contribution in [2.45, 2.75) is 6.92 Å². The Hall–Kier alpha value is -3.60. The monoisotopic (exact) mass is 388 g/mol. The molecule has 0 saturated carbocycles. The van der Waals surface area contributed by atoms with Crippen LogP contribution >= 0.6 is 0 Å². The van der Waals surface area contributed by atoms with Crippen molar-refractivity contribution in [2.75, 3.05) is 21.3 Å². The average molecular weight is 388 g/mol. The molecule has 0 aliphatic rings. The van der Waals surface area contributed by atoms with Crippen molar-refractivity contribution in [1.29, 1.82) is 0 Å². The smallest absolute Gasteiger partial charge is 0.203 e. The Morgan fingerprint density at radius 3 is 1.52 bits per heavy atom. The lowest BCUT2D eigenvalue weighted by atomic mass is 10.0. The average Bonchev–Trinajstić information content (AvgIpc) is 2.79. The van der Waals surface area contributed by atoms with Crippen LogP contribution in [0.15, 0.2) is 83.0 Å². The molecule has 0 heterocycles. The lowest BCUT2D eigenvalue weighted by Crippen LogP contribution is -2.04. The summed E-state index contributed by atoms with van der Waals surface area (Å²) in [4.78, 5) is 0. The summed E-state index contributed by atoms with van der Waals surface area (Å²) in [6, 6.07) is 23.7. The lowest BCUT2D eigenvalue weighted by molar-refractivity contribution is 0.324. The third kappa shape index (κ3) is 4.63. The van der Waals surface area contributed by atoms with E-state index in [0.29, 0.717) is 17.2 Å². The zero-order chi connectivity index (χ0) is 20.6. The van der Waals surface area contributed by atoms with Gasteiger partial charge in [0.25, 0.3) is 0 Å². The van der Waals surface area contributed by atoms with Crippen molar-refractivity contribution in [3.63, 3.8) is 0 Å². The molecule has 3 rings (SSSR count). The number of hydrogen-bond donors (Lipinski definition) is 0. The molecule has 0 atom stereocenters.